The van der Waals surface area contributed by atoms with E-state index < -0.39 is 6.03 Å². The van der Waals surface area contributed by atoms with Gasteiger partial charge in [0.05, 0.1) is 6.61 Å². The summed E-state index contributed by atoms with van der Waals surface area (Å²) >= 11 is 0. The third-order valence-corrected chi connectivity index (χ3v) is 4.50. The fraction of sp³-hybridized carbons (Fsp3) is 0.333. The van der Waals surface area contributed by atoms with E-state index in [1.165, 1.54) is 0 Å². The number of amides is 3. The maximum Gasteiger partial charge on any atom is 0.312 e. The second kappa shape index (κ2) is 8.65. The van der Waals surface area contributed by atoms with E-state index in [0.717, 1.165) is 34.6 Å². The Morgan fingerprint density at radius 3 is 2.61 bits per heavy atom. The average Bonchev–Trinajstić information content (AvgIpc) is 3.03. The Morgan fingerprint density at radius 2 is 1.93 bits per heavy atom. The number of carbonyl (C=O) groups is 2. The van der Waals surface area contributed by atoms with Crippen LogP contribution < -0.4 is 25.8 Å². The predicted molar refractivity (Wildman–Crippen MR) is 105 cm³/mol. The van der Waals surface area contributed by atoms with Gasteiger partial charge in [0.15, 0.2) is 0 Å². The van der Waals surface area contributed by atoms with E-state index in [-0.39, 0.29) is 12.0 Å². The van der Waals surface area contributed by atoms with E-state index in [4.69, 9.17) is 15.2 Å². The van der Waals surface area contributed by atoms with Crippen LogP contribution in [0.1, 0.15) is 40.9 Å². The quantitative estimate of drug-likeness (QED) is 0.683. The van der Waals surface area contributed by atoms with Gasteiger partial charge in [-0.05, 0) is 43.7 Å². The number of fused-ring (bicyclic) bond motifs is 1. The molecule has 2 aromatic rings. The molecule has 0 aromatic heterocycles. The van der Waals surface area contributed by atoms with Crippen LogP contribution in [0.15, 0.2) is 36.4 Å². The lowest BCUT2D eigenvalue weighted by Crippen LogP contribution is -2.28. The number of rotatable bonds is 7. The summed E-state index contributed by atoms with van der Waals surface area (Å²) in [4.78, 5) is 23.2. The molecule has 0 spiro atoms. The zero-order valence-corrected chi connectivity index (χ0v) is 16.1. The number of nitrogens with two attached hydrogens (primary N) is 1. The van der Waals surface area contributed by atoms with Gasteiger partial charge in [0.1, 0.15) is 17.6 Å². The molecule has 7 heteroatoms. The van der Waals surface area contributed by atoms with Crippen LogP contribution in [0.25, 0.3) is 0 Å². The van der Waals surface area contributed by atoms with Gasteiger partial charge in [0.2, 0.25) is 0 Å². The van der Waals surface area contributed by atoms with Crippen molar-refractivity contribution < 1.29 is 19.1 Å². The summed E-state index contributed by atoms with van der Waals surface area (Å²) in [5, 5.41) is 5.43. The van der Waals surface area contributed by atoms with Crippen molar-refractivity contribution in [1.29, 1.82) is 0 Å². The van der Waals surface area contributed by atoms with E-state index in [0.29, 0.717) is 25.3 Å². The Morgan fingerprint density at radius 1 is 1.18 bits per heavy atom. The number of nitrogens with one attached hydrogen (secondary N) is 2. The van der Waals surface area contributed by atoms with Crippen molar-refractivity contribution in [2.24, 2.45) is 5.73 Å². The van der Waals surface area contributed by atoms with Crippen LogP contribution in [-0.4, -0.2) is 24.6 Å². The van der Waals surface area contributed by atoms with Crippen molar-refractivity contribution in [2.75, 3.05) is 6.61 Å². The van der Waals surface area contributed by atoms with Gasteiger partial charge in [-0.3, -0.25) is 4.79 Å². The van der Waals surface area contributed by atoms with Crippen molar-refractivity contribution in [3.05, 3.63) is 58.7 Å². The molecular formula is C21H25N3O4. The summed E-state index contributed by atoms with van der Waals surface area (Å²) in [6, 6.07) is 10.4. The summed E-state index contributed by atoms with van der Waals surface area (Å²) in [5.41, 5.74) is 8.46. The van der Waals surface area contributed by atoms with Crippen LogP contribution in [0.4, 0.5) is 4.79 Å². The number of hydrogen-bond acceptors (Lipinski definition) is 4. The second-order valence-corrected chi connectivity index (χ2v) is 6.73. The van der Waals surface area contributed by atoms with Crippen molar-refractivity contribution in [3.63, 3.8) is 0 Å². The van der Waals surface area contributed by atoms with Crippen molar-refractivity contribution in [2.45, 2.75) is 39.5 Å². The molecule has 7 nitrogen and oxygen atoms in total. The second-order valence-electron chi connectivity index (χ2n) is 6.73. The molecular weight excluding hydrogens is 358 g/mol. The molecule has 1 heterocycles. The first-order chi connectivity index (χ1) is 13.5. The Kier molecular flexibility index (Phi) is 6.03. The summed E-state index contributed by atoms with van der Waals surface area (Å²) < 4.78 is 11.6. The molecule has 0 aliphatic carbocycles. The van der Waals surface area contributed by atoms with Crippen molar-refractivity contribution in [3.8, 4) is 11.5 Å². The zero-order chi connectivity index (χ0) is 20.1. The van der Waals surface area contributed by atoms with Crippen LogP contribution in [0.5, 0.6) is 11.5 Å². The SMILES string of the molecule is CCOc1cc2c(cc1CNC(=O)c1ccc(CNC(N)=O)cc1)O[C@@H](C)C2. The average molecular weight is 383 g/mol. The molecule has 0 bridgehead atoms. The van der Waals surface area contributed by atoms with Crippen LogP contribution >= 0.6 is 0 Å². The summed E-state index contributed by atoms with van der Waals surface area (Å²) in [5.74, 6) is 1.44. The first-order valence-electron chi connectivity index (χ1n) is 9.32. The highest BCUT2D eigenvalue weighted by molar-refractivity contribution is 5.94. The third-order valence-electron chi connectivity index (χ3n) is 4.50. The minimum Gasteiger partial charge on any atom is -0.494 e. The number of primary amides is 1. The molecule has 0 fully saturated rings. The molecule has 148 valence electrons. The van der Waals surface area contributed by atoms with Crippen molar-refractivity contribution in [1.82, 2.24) is 10.6 Å². The molecule has 0 unspecified atom stereocenters. The summed E-state index contributed by atoms with van der Waals surface area (Å²) in [7, 11) is 0. The van der Waals surface area contributed by atoms with E-state index in [1.807, 2.05) is 26.0 Å². The first-order valence-corrected chi connectivity index (χ1v) is 9.32. The summed E-state index contributed by atoms with van der Waals surface area (Å²) in [6.45, 7) is 5.18. The molecule has 3 amide bonds. The Hall–Kier alpha value is -3.22. The standard InChI is InChI=1S/C21H25N3O4/c1-3-27-18-9-16-8-13(2)28-19(16)10-17(18)12-23-20(25)15-6-4-14(5-7-15)11-24-21(22)26/h4-7,9-10,13H,3,8,11-12H2,1-2H3,(H,23,25)(H3,22,24,26)/t13-/m0/s1. The van der Waals surface area contributed by atoms with Crippen LogP contribution in [0.2, 0.25) is 0 Å². The van der Waals surface area contributed by atoms with E-state index in [1.54, 1.807) is 24.3 Å². The molecule has 0 saturated heterocycles. The maximum atomic E-state index is 12.5. The smallest absolute Gasteiger partial charge is 0.312 e. The fourth-order valence-corrected chi connectivity index (χ4v) is 3.15. The molecule has 1 aliphatic rings. The number of carbonyl (C=O) groups excluding carboxylic acids is 2. The predicted octanol–water partition coefficient (Wildman–Crippen LogP) is 2.51. The molecule has 2 aromatic carbocycles. The topological polar surface area (TPSA) is 103 Å². The Labute approximate surface area is 164 Å². The normalized spacial score (nSPS) is 14.7. The zero-order valence-electron chi connectivity index (χ0n) is 16.1. The van der Waals surface area contributed by atoms with Gasteiger partial charge in [0.25, 0.3) is 5.91 Å². The third kappa shape index (κ3) is 4.73. The highest BCUT2D eigenvalue weighted by atomic mass is 16.5. The molecule has 1 atom stereocenters. The minimum atomic E-state index is -0.584. The molecule has 0 saturated carbocycles. The van der Waals surface area contributed by atoms with Crippen LogP contribution in [0, 0.1) is 0 Å². The van der Waals surface area contributed by atoms with Gasteiger partial charge in [-0.1, -0.05) is 12.1 Å². The molecule has 3 rings (SSSR count). The minimum absolute atomic E-state index is 0.150. The molecule has 28 heavy (non-hydrogen) atoms. The number of urea groups is 1. The largest absolute Gasteiger partial charge is 0.494 e. The Bertz CT molecular complexity index is 865. The highest BCUT2D eigenvalue weighted by Gasteiger charge is 2.22. The molecule has 4 N–H and O–H groups in total. The van der Waals surface area contributed by atoms with Gasteiger partial charge in [-0.25, -0.2) is 4.79 Å². The lowest BCUT2D eigenvalue weighted by atomic mass is 10.1. The van der Waals surface area contributed by atoms with E-state index >= 15 is 0 Å². The van der Waals surface area contributed by atoms with E-state index in [9.17, 15) is 9.59 Å². The first kappa shape index (κ1) is 19.5. The molecule has 0 radical (unpaired) electrons. The lowest BCUT2D eigenvalue weighted by Gasteiger charge is -2.13. The van der Waals surface area contributed by atoms with Crippen LogP contribution in [0.3, 0.4) is 0 Å². The van der Waals surface area contributed by atoms with Gasteiger partial charge in [0, 0.05) is 36.2 Å². The monoisotopic (exact) mass is 383 g/mol. The highest BCUT2D eigenvalue weighted by Crippen LogP contribution is 2.35. The lowest BCUT2D eigenvalue weighted by molar-refractivity contribution is 0.0950. The van der Waals surface area contributed by atoms with Gasteiger partial charge in [-0.15, -0.1) is 0 Å². The maximum absolute atomic E-state index is 12.5. The molecule has 1 aliphatic heterocycles. The van der Waals surface area contributed by atoms with Gasteiger partial charge < -0.3 is 25.8 Å². The Balaban J connectivity index is 1.65. The summed E-state index contributed by atoms with van der Waals surface area (Å²) in [6.07, 6.45) is 1.01. The van der Waals surface area contributed by atoms with Gasteiger partial charge in [-0.2, -0.15) is 0 Å². The van der Waals surface area contributed by atoms with Gasteiger partial charge >= 0.3 is 6.03 Å². The number of hydrogen-bond donors (Lipinski definition) is 3. The van der Waals surface area contributed by atoms with E-state index in [2.05, 4.69) is 10.6 Å². The van der Waals surface area contributed by atoms with Crippen molar-refractivity contribution >= 4 is 11.9 Å². The number of benzene rings is 2. The fourth-order valence-electron chi connectivity index (χ4n) is 3.15. The van der Waals surface area contributed by atoms with Crippen LogP contribution in [-0.2, 0) is 19.5 Å². The number of ether oxygens (including phenoxy) is 2.